The molecular weight excluding hydrogens is 304 g/mol. The molecule has 1 saturated heterocycles. The molecule has 0 spiro atoms. The van der Waals surface area contributed by atoms with Gasteiger partial charge in [0.15, 0.2) is 11.5 Å². The highest BCUT2D eigenvalue weighted by atomic mass is 16.5. The molecule has 0 bridgehead atoms. The second-order valence-corrected chi connectivity index (χ2v) is 6.50. The lowest BCUT2D eigenvalue weighted by molar-refractivity contribution is 0.0771. The number of likely N-dealkylation sites (tertiary alicyclic amines) is 1. The van der Waals surface area contributed by atoms with Gasteiger partial charge in [-0.2, -0.15) is 5.26 Å². The molecule has 1 aliphatic rings. The van der Waals surface area contributed by atoms with Gasteiger partial charge in [-0.15, -0.1) is 0 Å². The van der Waals surface area contributed by atoms with E-state index in [4.69, 9.17) is 14.7 Å². The highest BCUT2D eigenvalue weighted by molar-refractivity contribution is 5.43. The molecule has 5 heteroatoms. The Kier molecular flexibility index (Phi) is 7.36. The van der Waals surface area contributed by atoms with Crippen molar-refractivity contribution in [2.24, 2.45) is 5.92 Å². The molecule has 1 aromatic carbocycles. The van der Waals surface area contributed by atoms with Crippen LogP contribution in [-0.2, 0) is 6.54 Å². The SMILES string of the molecule is COc1ccc(CN2CC(CO)CCC2C)cc1OCCCC#N. The molecule has 0 amide bonds. The maximum absolute atomic E-state index is 9.43. The quantitative estimate of drug-likeness (QED) is 0.741. The van der Waals surface area contributed by atoms with Gasteiger partial charge in [0, 0.05) is 32.2 Å². The number of ether oxygens (including phenoxy) is 2. The van der Waals surface area contributed by atoms with Crippen LogP contribution in [0.2, 0.25) is 0 Å². The number of aliphatic hydroxyl groups is 1. The Morgan fingerprint density at radius 1 is 1.33 bits per heavy atom. The van der Waals surface area contributed by atoms with E-state index in [-0.39, 0.29) is 6.61 Å². The van der Waals surface area contributed by atoms with Gasteiger partial charge in [0.25, 0.3) is 0 Å². The van der Waals surface area contributed by atoms with Crippen molar-refractivity contribution < 1.29 is 14.6 Å². The summed E-state index contributed by atoms with van der Waals surface area (Å²) in [5.41, 5.74) is 1.18. The highest BCUT2D eigenvalue weighted by Crippen LogP contribution is 2.30. The van der Waals surface area contributed by atoms with Gasteiger partial charge in [0.1, 0.15) is 0 Å². The molecule has 1 aromatic rings. The number of unbranched alkanes of at least 4 members (excludes halogenated alkanes) is 1. The summed E-state index contributed by atoms with van der Waals surface area (Å²) in [6.07, 6.45) is 3.43. The number of methoxy groups -OCH3 is 1. The first-order valence-electron chi connectivity index (χ1n) is 8.69. The summed E-state index contributed by atoms with van der Waals surface area (Å²) < 4.78 is 11.2. The van der Waals surface area contributed by atoms with Crippen molar-refractivity contribution in [3.8, 4) is 17.6 Å². The van der Waals surface area contributed by atoms with Crippen LogP contribution < -0.4 is 9.47 Å². The first-order chi connectivity index (χ1) is 11.7. The van der Waals surface area contributed by atoms with Gasteiger partial charge < -0.3 is 14.6 Å². The highest BCUT2D eigenvalue weighted by Gasteiger charge is 2.25. The van der Waals surface area contributed by atoms with E-state index >= 15 is 0 Å². The number of hydrogen-bond donors (Lipinski definition) is 1. The molecule has 0 aliphatic carbocycles. The maximum atomic E-state index is 9.43. The Balaban J connectivity index is 2.02. The van der Waals surface area contributed by atoms with E-state index in [1.54, 1.807) is 7.11 Å². The van der Waals surface area contributed by atoms with E-state index in [1.165, 1.54) is 5.56 Å². The number of benzene rings is 1. The van der Waals surface area contributed by atoms with Gasteiger partial charge >= 0.3 is 0 Å². The second-order valence-electron chi connectivity index (χ2n) is 6.50. The van der Waals surface area contributed by atoms with Gasteiger partial charge in [-0.25, -0.2) is 0 Å². The van der Waals surface area contributed by atoms with E-state index in [0.29, 0.717) is 31.4 Å². The lowest BCUT2D eigenvalue weighted by Crippen LogP contribution is -2.42. The Bertz CT molecular complexity index is 556. The predicted molar refractivity (Wildman–Crippen MR) is 93.0 cm³/mol. The van der Waals surface area contributed by atoms with E-state index in [0.717, 1.165) is 37.4 Å². The van der Waals surface area contributed by atoms with Crippen LogP contribution >= 0.6 is 0 Å². The lowest BCUT2D eigenvalue weighted by Gasteiger charge is -2.37. The van der Waals surface area contributed by atoms with Crippen LogP contribution in [0.3, 0.4) is 0 Å². The summed E-state index contributed by atoms with van der Waals surface area (Å²) in [6, 6.07) is 8.68. The molecule has 0 radical (unpaired) electrons. The third-order valence-electron chi connectivity index (χ3n) is 4.67. The molecule has 2 rings (SSSR count). The van der Waals surface area contributed by atoms with Crippen molar-refractivity contribution in [1.82, 2.24) is 4.90 Å². The predicted octanol–water partition coefficient (Wildman–Crippen LogP) is 2.97. The maximum Gasteiger partial charge on any atom is 0.161 e. The number of nitrogens with zero attached hydrogens (tertiary/aromatic N) is 2. The van der Waals surface area contributed by atoms with E-state index in [9.17, 15) is 5.11 Å². The Hall–Kier alpha value is -1.77. The van der Waals surface area contributed by atoms with E-state index in [2.05, 4.69) is 24.0 Å². The fourth-order valence-corrected chi connectivity index (χ4v) is 3.13. The average molecular weight is 332 g/mol. The fourth-order valence-electron chi connectivity index (χ4n) is 3.13. The van der Waals surface area contributed by atoms with Crippen LogP contribution in [0.25, 0.3) is 0 Å². The molecule has 0 saturated carbocycles. The summed E-state index contributed by atoms with van der Waals surface area (Å²) in [5.74, 6) is 1.83. The molecular formula is C19H28N2O3. The number of piperidine rings is 1. The number of nitriles is 1. The van der Waals surface area contributed by atoms with Gasteiger partial charge in [-0.05, 0) is 49.8 Å². The van der Waals surface area contributed by atoms with Crippen LogP contribution in [0.1, 0.15) is 38.2 Å². The molecule has 24 heavy (non-hydrogen) atoms. The monoisotopic (exact) mass is 332 g/mol. The van der Waals surface area contributed by atoms with Crippen LogP contribution in [0.4, 0.5) is 0 Å². The molecule has 1 heterocycles. The molecule has 1 N–H and O–H groups in total. The van der Waals surface area contributed by atoms with E-state index in [1.807, 2.05) is 12.1 Å². The summed E-state index contributed by atoms with van der Waals surface area (Å²) in [7, 11) is 1.63. The molecule has 2 unspecified atom stereocenters. The Labute approximate surface area is 144 Å². The third-order valence-corrected chi connectivity index (χ3v) is 4.67. The minimum Gasteiger partial charge on any atom is -0.493 e. The minimum absolute atomic E-state index is 0.263. The van der Waals surface area contributed by atoms with Gasteiger partial charge in [-0.3, -0.25) is 4.90 Å². The molecule has 132 valence electrons. The Morgan fingerprint density at radius 2 is 2.17 bits per heavy atom. The van der Waals surface area contributed by atoms with Crippen molar-refractivity contribution in [2.45, 2.75) is 45.2 Å². The normalized spacial score (nSPS) is 21.2. The van der Waals surface area contributed by atoms with Crippen molar-refractivity contribution in [3.63, 3.8) is 0 Å². The average Bonchev–Trinajstić information content (AvgIpc) is 2.61. The van der Waals surface area contributed by atoms with Crippen molar-refractivity contribution in [3.05, 3.63) is 23.8 Å². The largest absolute Gasteiger partial charge is 0.493 e. The summed E-state index contributed by atoms with van der Waals surface area (Å²) in [4.78, 5) is 2.42. The van der Waals surface area contributed by atoms with Crippen LogP contribution in [0, 0.1) is 17.2 Å². The van der Waals surface area contributed by atoms with E-state index < -0.39 is 0 Å². The zero-order valence-corrected chi connectivity index (χ0v) is 14.7. The minimum atomic E-state index is 0.263. The number of rotatable bonds is 8. The van der Waals surface area contributed by atoms with Crippen LogP contribution in [0.5, 0.6) is 11.5 Å². The van der Waals surface area contributed by atoms with Gasteiger partial charge in [0.2, 0.25) is 0 Å². The zero-order valence-electron chi connectivity index (χ0n) is 14.7. The lowest BCUT2D eigenvalue weighted by atomic mass is 9.93. The summed E-state index contributed by atoms with van der Waals surface area (Å²) in [5, 5.41) is 18.0. The van der Waals surface area contributed by atoms with Gasteiger partial charge in [0.05, 0.1) is 19.8 Å². The van der Waals surface area contributed by atoms with Crippen molar-refractivity contribution in [2.75, 3.05) is 26.9 Å². The third kappa shape index (κ3) is 5.12. The van der Waals surface area contributed by atoms with Crippen LogP contribution in [0.15, 0.2) is 18.2 Å². The molecule has 2 atom stereocenters. The molecule has 1 fully saturated rings. The van der Waals surface area contributed by atoms with Gasteiger partial charge in [-0.1, -0.05) is 6.07 Å². The molecule has 1 aliphatic heterocycles. The smallest absolute Gasteiger partial charge is 0.161 e. The summed E-state index contributed by atoms with van der Waals surface area (Å²) >= 11 is 0. The number of hydrogen-bond acceptors (Lipinski definition) is 5. The zero-order chi connectivity index (χ0) is 17.4. The van der Waals surface area contributed by atoms with Crippen molar-refractivity contribution in [1.29, 1.82) is 5.26 Å². The first kappa shape index (κ1) is 18.6. The molecule has 0 aromatic heterocycles. The van der Waals surface area contributed by atoms with Crippen LogP contribution in [-0.4, -0.2) is 42.9 Å². The van der Waals surface area contributed by atoms with Crippen molar-refractivity contribution >= 4 is 0 Å². The first-order valence-corrected chi connectivity index (χ1v) is 8.69. The summed E-state index contributed by atoms with van der Waals surface area (Å²) in [6.45, 7) is 4.80. The standard InChI is InChI=1S/C19H28N2O3/c1-15-5-6-17(14-22)13-21(15)12-16-7-8-18(23-2)19(11-16)24-10-4-3-9-20/h7-8,11,15,17,22H,3-6,10,12-14H2,1-2H3. The fraction of sp³-hybridized carbons (Fsp3) is 0.632. The topological polar surface area (TPSA) is 65.7 Å². The second kappa shape index (κ2) is 9.51. The molecule has 5 nitrogen and oxygen atoms in total. The number of aliphatic hydroxyl groups excluding tert-OH is 1. The Morgan fingerprint density at radius 3 is 2.88 bits per heavy atom.